The van der Waals surface area contributed by atoms with Crippen molar-refractivity contribution in [3.05, 3.63) is 71.4 Å². The van der Waals surface area contributed by atoms with Crippen LogP contribution in [0.2, 0.25) is 0 Å². The molecule has 1 fully saturated rings. The lowest BCUT2D eigenvalue weighted by molar-refractivity contribution is 0.293. The van der Waals surface area contributed by atoms with Crippen LogP contribution in [-0.4, -0.2) is 18.1 Å². The Hall–Kier alpha value is -2.90. The van der Waals surface area contributed by atoms with E-state index < -0.39 is 0 Å². The lowest BCUT2D eigenvalue weighted by atomic mass is 9.94. The van der Waals surface area contributed by atoms with E-state index in [0.717, 1.165) is 48.0 Å². The molecule has 130 valence electrons. The molecule has 1 saturated heterocycles. The standard InChI is InChI=1S/C22H21N3O/c23-14-17-8-9-18(20-5-2-1-4-19(17)20)15-26-22-7-3-6-21(25-22)16-10-12-24-13-11-16/h1-9,16,24H,10-13,15H2. The second-order valence-corrected chi connectivity index (χ2v) is 6.64. The number of hydrogen-bond acceptors (Lipinski definition) is 4. The first kappa shape index (κ1) is 16.6. The van der Waals surface area contributed by atoms with Crippen molar-refractivity contribution >= 4 is 10.8 Å². The molecule has 26 heavy (non-hydrogen) atoms. The first-order valence-electron chi connectivity index (χ1n) is 9.06. The average Bonchev–Trinajstić information content (AvgIpc) is 2.73. The topological polar surface area (TPSA) is 57.9 Å². The van der Waals surface area contributed by atoms with Gasteiger partial charge in [0.05, 0.1) is 11.6 Å². The fraction of sp³-hybridized carbons (Fsp3) is 0.273. The average molecular weight is 343 g/mol. The van der Waals surface area contributed by atoms with Crippen molar-refractivity contribution in [1.29, 1.82) is 5.26 Å². The molecule has 0 amide bonds. The van der Waals surface area contributed by atoms with Crippen molar-refractivity contribution in [3.63, 3.8) is 0 Å². The molecule has 1 aliphatic heterocycles. The van der Waals surface area contributed by atoms with Crippen LogP contribution >= 0.6 is 0 Å². The number of nitrogens with one attached hydrogen (secondary N) is 1. The summed E-state index contributed by atoms with van der Waals surface area (Å²) in [6.07, 6.45) is 2.24. The molecular weight excluding hydrogens is 322 g/mol. The third kappa shape index (κ3) is 3.40. The number of benzene rings is 2. The summed E-state index contributed by atoms with van der Waals surface area (Å²) >= 11 is 0. The minimum Gasteiger partial charge on any atom is -0.473 e. The van der Waals surface area contributed by atoms with E-state index in [0.29, 0.717) is 24.0 Å². The lowest BCUT2D eigenvalue weighted by Gasteiger charge is -2.22. The molecule has 1 aromatic heterocycles. The lowest BCUT2D eigenvalue weighted by Crippen LogP contribution is -2.27. The van der Waals surface area contributed by atoms with Gasteiger partial charge in [0.25, 0.3) is 0 Å². The minimum absolute atomic E-state index is 0.439. The number of fused-ring (bicyclic) bond motifs is 1. The van der Waals surface area contributed by atoms with Crippen LogP contribution in [-0.2, 0) is 6.61 Å². The van der Waals surface area contributed by atoms with E-state index in [1.54, 1.807) is 0 Å². The van der Waals surface area contributed by atoms with Crippen molar-refractivity contribution in [2.24, 2.45) is 0 Å². The molecule has 4 nitrogen and oxygen atoms in total. The zero-order chi connectivity index (χ0) is 17.8. The van der Waals surface area contributed by atoms with Gasteiger partial charge >= 0.3 is 0 Å². The van der Waals surface area contributed by atoms with E-state index in [1.807, 2.05) is 48.5 Å². The Morgan fingerprint density at radius 3 is 2.62 bits per heavy atom. The van der Waals surface area contributed by atoms with Gasteiger partial charge in [0.2, 0.25) is 5.88 Å². The third-order valence-corrected chi connectivity index (χ3v) is 5.01. The Bertz CT molecular complexity index is 955. The molecule has 1 N–H and O–H groups in total. The monoisotopic (exact) mass is 343 g/mol. The summed E-state index contributed by atoms with van der Waals surface area (Å²) in [5.41, 5.74) is 2.87. The molecule has 0 unspecified atom stereocenters. The van der Waals surface area contributed by atoms with Gasteiger partial charge in [-0.2, -0.15) is 5.26 Å². The largest absolute Gasteiger partial charge is 0.473 e. The summed E-state index contributed by atoms with van der Waals surface area (Å²) in [5, 5.41) is 14.7. The van der Waals surface area contributed by atoms with E-state index in [2.05, 4.69) is 17.5 Å². The smallest absolute Gasteiger partial charge is 0.213 e. The van der Waals surface area contributed by atoms with Crippen molar-refractivity contribution in [2.75, 3.05) is 13.1 Å². The van der Waals surface area contributed by atoms with Crippen LogP contribution in [0.15, 0.2) is 54.6 Å². The molecule has 3 aromatic rings. The summed E-state index contributed by atoms with van der Waals surface area (Å²) < 4.78 is 6.00. The predicted octanol–water partition coefficient (Wildman–Crippen LogP) is 4.15. The number of ether oxygens (including phenoxy) is 1. The molecule has 0 radical (unpaired) electrons. The molecule has 4 rings (SSSR count). The Morgan fingerprint density at radius 1 is 1.00 bits per heavy atom. The SMILES string of the molecule is N#Cc1ccc(COc2cccc(C3CCNCC3)n2)c2ccccc12. The van der Waals surface area contributed by atoms with E-state index in [9.17, 15) is 5.26 Å². The molecule has 0 saturated carbocycles. The third-order valence-electron chi connectivity index (χ3n) is 5.01. The summed E-state index contributed by atoms with van der Waals surface area (Å²) in [4.78, 5) is 4.72. The van der Waals surface area contributed by atoms with E-state index in [4.69, 9.17) is 9.72 Å². The van der Waals surface area contributed by atoms with E-state index in [-0.39, 0.29) is 0 Å². The summed E-state index contributed by atoms with van der Waals surface area (Å²) in [6, 6.07) is 20.1. The van der Waals surface area contributed by atoms with Crippen molar-refractivity contribution in [1.82, 2.24) is 10.3 Å². The second-order valence-electron chi connectivity index (χ2n) is 6.64. The summed E-state index contributed by atoms with van der Waals surface area (Å²) in [6.45, 7) is 2.54. The van der Waals surface area contributed by atoms with Gasteiger partial charge in [0, 0.05) is 17.7 Å². The molecule has 0 spiro atoms. The quantitative estimate of drug-likeness (QED) is 0.773. The van der Waals surface area contributed by atoms with Gasteiger partial charge in [-0.15, -0.1) is 0 Å². The highest BCUT2D eigenvalue weighted by molar-refractivity contribution is 5.90. The van der Waals surface area contributed by atoms with Crippen LogP contribution in [0, 0.1) is 11.3 Å². The van der Waals surface area contributed by atoms with Gasteiger partial charge in [-0.3, -0.25) is 0 Å². The Morgan fingerprint density at radius 2 is 1.81 bits per heavy atom. The molecule has 2 heterocycles. The van der Waals surface area contributed by atoms with Crippen LogP contribution in [0.3, 0.4) is 0 Å². The van der Waals surface area contributed by atoms with Crippen LogP contribution in [0.1, 0.15) is 35.6 Å². The van der Waals surface area contributed by atoms with E-state index in [1.165, 1.54) is 0 Å². The molecular formula is C22H21N3O. The number of nitrogens with zero attached hydrogens (tertiary/aromatic N) is 2. The maximum atomic E-state index is 9.29. The second kappa shape index (κ2) is 7.55. The van der Waals surface area contributed by atoms with Crippen molar-refractivity contribution in [3.8, 4) is 11.9 Å². The highest BCUT2D eigenvalue weighted by Gasteiger charge is 2.17. The fourth-order valence-corrected chi connectivity index (χ4v) is 3.59. The predicted molar refractivity (Wildman–Crippen MR) is 102 cm³/mol. The zero-order valence-corrected chi connectivity index (χ0v) is 14.6. The zero-order valence-electron chi connectivity index (χ0n) is 14.6. The fourth-order valence-electron chi connectivity index (χ4n) is 3.59. The van der Waals surface area contributed by atoms with E-state index >= 15 is 0 Å². The number of rotatable bonds is 4. The van der Waals surface area contributed by atoms with Gasteiger partial charge in [-0.25, -0.2) is 4.98 Å². The molecule has 0 bridgehead atoms. The first-order valence-corrected chi connectivity index (χ1v) is 9.06. The molecule has 0 atom stereocenters. The number of hydrogen-bond donors (Lipinski definition) is 1. The maximum absolute atomic E-state index is 9.29. The van der Waals surface area contributed by atoms with Gasteiger partial charge in [0.15, 0.2) is 0 Å². The van der Waals surface area contributed by atoms with Crippen LogP contribution in [0.25, 0.3) is 10.8 Å². The number of pyridine rings is 1. The summed E-state index contributed by atoms with van der Waals surface area (Å²) in [5.74, 6) is 1.17. The Kier molecular flexibility index (Phi) is 4.81. The number of aromatic nitrogens is 1. The van der Waals surface area contributed by atoms with Crippen molar-refractivity contribution in [2.45, 2.75) is 25.4 Å². The molecule has 2 aromatic carbocycles. The van der Waals surface area contributed by atoms with Crippen LogP contribution in [0.4, 0.5) is 0 Å². The number of piperidine rings is 1. The highest BCUT2D eigenvalue weighted by Crippen LogP contribution is 2.26. The highest BCUT2D eigenvalue weighted by atomic mass is 16.5. The van der Waals surface area contributed by atoms with Gasteiger partial charge in [-0.05, 0) is 54.4 Å². The van der Waals surface area contributed by atoms with Crippen LogP contribution in [0.5, 0.6) is 5.88 Å². The number of nitriles is 1. The van der Waals surface area contributed by atoms with Gasteiger partial charge in [0.1, 0.15) is 6.61 Å². The maximum Gasteiger partial charge on any atom is 0.213 e. The Balaban J connectivity index is 1.55. The van der Waals surface area contributed by atoms with Gasteiger partial charge < -0.3 is 10.1 Å². The van der Waals surface area contributed by atoms with Crippen molar-refractivity contribution < 1.29 is 4.74 Å². The molecule has 4 heteroatoms. The Labute approximate surface area is 153 Å². The van der Waals surface area contributed by atoms with Gasteiger partial charge in [-0.1, -0.05) is 36.4 Å². The summed E-state index contributed by atoms with van der Waals surface area (Å²) in [7, 11) is 0. The molecule has 1 aliphatic rings. The minimum atomic E-state index is 0.439. The normalized spacial score (nSPS) is 14.9. The first-order chi connectivity index (χ1) is 12.8. The molecule has 0 aliphatic carbocycles. The van der Waals surface area contributed by atoms with Crippen LogP contribution < -0.4 is 10.1 Å².